The van der Waals surface area contributed by atoms with Crippen molar-refractivity contribution in [2.75, 3.05) is 5.32 Å². The Kier molecular flexibility index (Phi) is 4.96. The number of ether oxygens (including phenoxy) is 1. The van der Waals surface area contributed by atoms with Crippen LogP contribution in [-0.2, 0) is 6.61 Å². The Morgan fingerprint density at radius 2 is 1.50 bits per heavy atom. The van der Waals surface area contributed by atoms with Crippen LogP contribution in [0.3, 0.4) is 0 Å². The molecule has 138 valence electrons. The molecule has 0 radical (unpaired) electrons. The number of anilines is 1. The van der Waals surface area contributed by atoms with Crippen molar-refractivity contribution in [1.29, 1.82) is 0 Å². The molecule has 3 aromatic rings. The summed E-state index contributed by atoms with van der Waals surface area (Å²) in [5.41, 5.74) is 2.83. The molecular weight excluding hydrogens is 374 g/mol. The van der Waals surface area contributed by atoms with E-state index < -0.39 is 0 Å². The summed E-state index contributed by atoms with van der Waals surface area (Å²) in [6, 6.07) is 21.5. The van der Waals surface area contributed by atoms with Crippen LogP contribution in [0, 0.1) is 0 Å². The third-order valence-corrected chi connectivity index (χ3v) is 4.66. The summed E-state index contributed by atoms with van der Waals surface area (Å²) >= 11 is 5.88. The molecule has 0 amide bonds. The summed E-state index contributed by atoms with van der Waals surface area (Å²) in [5.74, 6) is 0.324. The first-order valence-corrected chi connectivity index (χ1v) is 9.12. The van der Waals surface area contributed by atoms with Gasteiger partial charge in [0.1, 0.15) is 12.4 Å². The summed E-state index contributed by atoms with van der Waals surface area (Å²) in [7, 11) is 0. The number of rotatable bonds is 5. The minimum atomic E-state index is -0.196. The summed E-state index contributed by atoms with van der Waals surface area (Å²) in [6.07, 6.45) is 1.34. The molecule has 0 aromatic heterocycles. The number of carbonyl (C=O) groups is 2. The van der Waals surface area contributed by atoms with E-state index in [2.05, 4.69) is 5.32 Å². The quantitative estimate of drug-likeness (QED) is 0.643. The van der Waals surface area contributed by atoms with Crippen LogP contribution in [0.15, 0.2) is 84.6 Å². The molecule has 0 fully saturated rings. The van der Waals surface area contributed by atoms with E-state index in [4.69, 9.17) is 16.3 Å². The van der Waals surface area contributed by atoms with Crippen LogP contribution in [0.1, 0.15) is 26.3 Å². The smallest absolute Gasteiger partial charge is 0.210 e. The van der Waals surface area contributed by atoms with Gasteiger partial charge in [-0.15, -0.1) is 0 Å². The third kappa shape index (κ3) is 3.82. The molecule has 1 aliphatic carbocycles. The monoisotopic (exact) mass is 389 g/mol. The van der Waals surface area contributed by atoms with Gasteiger partial charge in [-0.2, -0.15) is 0 Å². The Hall–Kier alpha value is -3.37. The molecule has 0 saturated heterocycles. The van der Waals surface area contributed by atoms with Crippen LogP contribution in [0.2, 0.25) is 5.02 Å². The number of benzene rings is 3. The van der Waals surface area contributed by atoms with Crippen molar-refractivity contribution in [3.05, 3.63) is 106 Å². The molecule has 1 N–H and O–H groups in total. The predicted octanol–water partition coefficient (Wildman–Crippen LogP) is 5.29. The molecule has 28 heavy (non-hydrogen) atoms. The topological polar surface area (TPSA) is 55.4 Å². The highest BCUT2D eigenvalue weighted by Gasteiger charge is 2.25. The van der Waals surface area contributed by atoms with Gasteiger partial charge in [-0.3, -0.25) is 9.59 Å². The Balaban J connectivity index is 1.43. The van der Waals surface area contributed by atoms with Crippen molar-refractivity contribution < 1.29 is 14.3 Å². The van der Waals surface area contributed by atoms with Crippen molar-refractivity contribution in [2.45, 2.75) is 6.61 Å². The second kappa shape index (κ2) is 7.71. The largest absolute Gasteiger partial charge is 0.489 e. The lowest BCUT2D eigenvalue weighted by Crippen LogP contribution is -2.21. The average molecular weight is 390 g/mol. The highest BCUT2D eigenvalue weighted by molar-refractivity contribution is 6.30. The standard InChI is InChI=1S/C23H16ClNO3/c24-16-7-5-15(6-8-16)14-28-18-11-9-17(10-12-18)25-21-13-22(26)19-3-1-2-4-20(19)23(21)27/h1-13,25H,14H2. The summed E-state index contributed by atoms with van der Waals surface area (Å²) < 4.78 is 5.76. The lowest BCUT2D eigenvalue weighted by Gasteiger charge is -2.16. The van der Waals surface area contributed by atoms with E-state index in [1.165, 1.54) is 6.08 Å². The van der Waals surface area contributed by atoms with Gasteiger partial charge in [-0.05, 0) is 42.0 Å². The summed E-state index contributed by atoms with van der Waals surface area (Å²) in [4.78, 5) is 24.8. The van der Waals surface area contributed by atoms with E-state index in [1.807, 2.05) is 36.4 Å². The molecule has 0 aliphatic heterocycles. The molecule has 1 aliphatic rings. The Morgan fingerprint density at radius 3 is 2.21 bits per heavy atom. The van der Waals surface area contributed by atoms with E-state index >= 15 is 0 Å². The van der Waals surface area contributed by atoms with Crippen molar-refractivity contribution in [1.82, 2.24) is 0 Å². The maximum Gasteiger partial charge on any atom is 0.210 e. The number of carbonyl (C=O) groups excluding carboxylic acids is 2. The second-order valence-electron chi connectivity index (χ2n) is 6.36. The van der Waals surface area contributed by atoms with Crippen LogP contribution in [0.25, 0.3) is 0 Å². The molecule has 0 saturated carbocycles. The van der Waals surface area contributed by atoms with E-state index in [-0.39, 0.29) is 17.3 Å². The molecule has 4 rings (SSSR count). The lowest BCUT2D eigenvalue weighted by molar-refractivity contribution is 0.0985. The SMILES string of the molecule is O=C1C=C(Nc2ccc(OCc3ccc(Cl)cc3)cc2)C(=O)c2ccccc21. The predicted molar refractivity (Wildman–Crippen MR) is 109 cm³/mol. The fourth-order valence-corrected chi connectivity index (χ4v) is 3.07. The molecule has 4 nitrogen and oxygen atoms in total. The molecule has 0 bridgehead atoms. The molecular formula is C23H16ClNO3. The maximum atomic E-state index is 12.6. The van der Waals surface area contributed by atoms with E-state index in [9.17, 15) is 9.59 Å². The van der Waals surface area contributed by atoms with Gasteiger partial charge >= 0.3 is 0 Å². The zero-order chi connectivity index (χ0) is 19.5. The van der Waals surface area contributed by atoms with Gasteiger partial charge in [-0.1, -0.05) is 48.0 Å². The lowest BCUT2D eigenvalue weighted by atomic mass is 9.92. The first-order valence-electron chi connectivity index (χ1n) is 8.74. The fraction of sp³-hybridized carbons (Fsp3) is 0.0435. The van der Waals surface area contributed by atoms with Crippen LogP contribution < -0.4 is 10.1 Å². The van der Waals surface area contributed by atoms with Gasteiger partial charge < -0.3 is 10.1 Å². The number of hydrogen-bond acceptors (Lipinski definition) is 4. The maximum absolute atomic E-state index is 12.6. The number of nitrogens with one attached hydrogen (secondary N) is 1. The number of halogens is 1. The number of Topliss-reactive ketones (excluding diaryl/α,β-unsaturated/α-hetero) is 1. The highest BCUT2D eigenvalue weighted by atomic mass is 35.5. The molecule has 0 heterocycles. The van der Waals surface area contributed by atoms with Gasteiger partial charge in [0.15, 0.2) is 5.78 Å². The van der Waals surface area contributed by atoms with Crippen LogP contribution in [0.5, 0.6) is 5.75 Å². The van der Waals surface area contributed by atoms with E-state index in [0.29, 0.717) is 34.2 Å². The molecule has 5 heteroatoms. The van der Waals surface area contributed by atoms with Crippen LogP contribution in [0.4, 0.5) is 5.69 Å². The second-order valence-corrected chi connectivity index (χ2v) is 6.80. The zero-order valence-corrected chi connectivity index (χ0v) is 15.6. The Bertz CT molecular complexity index is 1070. The first kappa shape index (κ1) is 18.0. The van der Waals surface area contributed by atoms with Gasteiger partial charge in [0.25, 0.3) is 0 Å². The van der Waals surface area contributed by atoms with Crippen molar-refractivity contribution in [2.24, 2.45) is 0 Å². The normalized spacial score (nSPS) is 13.0. The number of hydrogen-bond donors (Lipinski definition) is 1. The van der Waals surface area contributed by atoms with E-state index in [1.54, 1.807) is 36.4 Å². The van der Waals surface area contributed by atoms with Crippen molar-refractivity contribution >= 4 is 28.9 Å². The minimum absolute atomic E-state index is 0.180. The molecule has 0 spiro atoms. The molecule has 0 unspecified atom stereocenters. The average Bonchev–Trinajstić information content (AvgIpc) is 2.72. The van der Waals surface area contributed by atoms with Gasteiger partial charge in [0.05, 0.1) is 5.70 Å². The fourth-order valence-electron chi connectivity index (χ4n) is 2.95. The Morgan fingerprint density at radius 1 is 0.821 bits per heavy atom. The van der Waals surface area contributed by atoms with Crippen molar-refractivity contribution in [3.63, 3.8) is 0 Å². The number of allylic oxidation sites excluding steroid dienone is 2. The van der Waals surface area contributed by atoms with Gasteiger partial charge in [0.2, 0.25) is 5.78 Å². The first-order chi connectivity index (χ1) is 13.6. The number of fused-ring (bicyclic) bond motifs is 1. The Labute approximate surface area is 167 Å². The highest BCUT2D eigenvalue weighted by Crippen LogP contribution is 2.24. The van der Waals surface area contributed by atoms with E-state index in [0.717, 1.165) is 5.56 Å². The van der Waals surface area contributed by atoms with Crippen LogP contribution in [-0.4, -0.2) is 11.6 Å². The summed E-state index contributed by atoms with van der Waals surface area (Å²) in [6.45, 7) is 0.429. The molecule has 3 aromatic carbocycles. The minimum Gasteiger partial charge on any atom is -0.489 e. The summed E-state index contributed by atoms with van der Waals surface area (Å²) in [5, 5.41) is 3.72. The van der Waals surface area contributed by atoms with Gasteiger partial charge in [-0.25, -0.2) is 0 Å². The third-order valence-electron chi connectivity index (χ3n) is 4.41. The van der Waals surface area contributed by atoms with Gasteiger partial charge in [0, 0.05) is 27.9 Å². The van der Waals surface area contributed by atoms with Crippen LogP contribution >= 0.6 is 11.6 Å². The molecule has 0 atom stereocenters. The van der Waals surface area contributed by atoms with Crippen molar-refractivity contribution in [3.8, 4) is 5.75 Å². The number of ketones is 2. The zero-order valence-electron chi connectivity index (χ0n) is 14.8.